The Kier molecular flexibility index (Phi) is 4.35. The van der Waals surface area contributed by atoms with Gasteiger partial charge in [-0.2, -0.15) is 0 Å². The van der Waals surface area contributed by atoms with E-state index in [4.69, 9.17) is 4.74 Å². The number of fused-ring (bicyclic) bond motifs is 1. The van der Waals surface area contributed by atoms with Crippen LogP contribution in [0.15, 0.2) is 30.3 Å². The topological polar surface area (TPSA) is 45.6 Å². The molecule has 0 amide bonds. The summed E-state index contributed by atoms with van der Waals surface area (Å²) >= 11 is 0. The molecule has 1 aromatic heterocycles. The standard InChI is InChI=1S/C15H20N2O2/c1-11-8-15(17(2)9-12(18)10-19-3)16-14-7-5-4-6-13(11)14/h4-8,12,18H,9-10H2,1-3H3. The van der Waals surface area contributed by atoms with Crippen LogP contribution >= 0.6 is 0 Å². The Labute approximate surface area is 113 Å². The van der Waals surface area contributed by atoms with Crippen LogP contribution in [0.4, 0.5) is 5.82 Å². The molecule has 0 aliphatic heterocycles. The number of anilines is 1. The lowest BCUT2D eigenvalue weighted by Crippen LogP contribution is -2.32. The van der Waals surface area contributed by atoms with Crippen molar-refractivity contribution >= 4 is 16.7 Å². The second kappa shape index (κ2) is 5.99. The van der Waals surface area contributed by atoms with Gasteiger partial charge in [-0.3, -0.25) is 0 Å². The first kappa shape index (κ1) is 13.8. The molecule has 19 heavy (non-hydrogen) atoms. The van der Waals surface area contributed by atoms with Crippen LogP contribution in [-0.2, 0) is 4.74 Å². The predicted octanol–water partition coefficient (Wildman–Crippen LogP) is 1.99. The molecule has 0 radical (unpaired) electrons. The predicted molar refractivity (Wildman–Crippen MR) is 77.6 cm³/mol. The van der Waals surface area contributed by atoms with Crippen LogP contribution in [0.25, 0.3) is 10.9 Å². The number of hydrogen-bond acceptors (Lipinski definition) is 4. The monoisotopic (exact) mass is 260 g/mol. The van der Waals surface area contributed by atoms with Gasteiger partial charge in [-0.15, -0.1) is 0 Å². The second-order valence-electron chi connectivity index (χ2n) is 4.80. The summed E-state index contributed by atoms with van der Waals surface area (Å²) in [5.41, 5.74) is 2.17. The number of pyridine rings is 1. The number of aliphatic hydroxyl groups is 1. The SMILES string of the molecule is COCC(O)CN(C)c1cc(C)c2ccccc2n1. The van der Waals surface area contributed by atoms with E-state index in [0.717, 1.165) is 16.7 Å². The first-order chi connectivity index (χ1) is 9.11. The summed E-state index contributed by atoms with van der Waals surface area (Å²) in [6.45, 7) is 2.91. The van der Waals surface area contributed by atoms with E-state index in [0.29, 0.717) is 13.2 Å². The van der Waals surface area contributed by atoms with Crippen molar-refractivity contribution in [2.45, 2.75) is 13.0 Å². The average molecular weight is 260 g/mol. The molecule has 0 fully saturated rings. The number of aromatic nitrogens is 1. The highest BCUT2D eigenvalue weighted by Gasteiger charge is 2.11. The highest BCUT2D eigenvalue weighted by Crippen LogP contribution is 2.21. The molecule has 1 atom stereocenters. The van der Waals surface area contributed by atoms with Crippen LogP contribution in [-0.4, -0.2) is 43.5 Å². The Bertz CT molecular complexity index is 557. The Balaban J connectivity index is 2.25. The van der Waals surface area contributed by atoms with Crippen LogP contribution < -0.4 is 4.90 Å². The van der Waals surface area contributed by atoms with Crippen molar-refractivity contribution in [1.29, 1.82) is 0 Å². The van der Waals surface area contributed by atoms with Crippen LogP contribution in [0, 0.1) is 6.92 Å². The van der Waals surface area contributed by atoms with Gasteiger partial charge in [0.25, 0.3) is 0 Å². The number of nitrogens with zero attached hydrogens (tertiary/aromatic N) is 2. The van der Waals surface area contributed by atoms with Gasteiger partial charge < -0.3 is 14.7 Å². The summed E-state index contributed by atoms with van der Waals surface area (Å²) in [5.74, 6) is 0.867. The summed E-state index contributed by atoms with van der Waals surface area (Å²) in [4.78, 5) is 6.57. The van der Waals surface area contributed by atoms with Gasteiger partial charge >= 0.3 is 0 Å². The molecule has 2 rings (SSSR count). The fraction of sp³-hybridized carbons (Fsp3) is 0.400. The maximum absolute atomic E-state index is 9.77. The van der Waals surface area contributed by atoms with E-state index in [1.54, 1.807) is 7.11 Å². The minimum Gasteiger partial charge on any atom is -0.389 e. The molecule has 1 heterocycles. The highest BCUT2D eigenvalue weighted by atomic mass is 16.5. The number of likely N-dealkylation sites (N-methyl/N-ethyl adjacent to an activating group) is 1. The second-order valence-corrected chi connectivity index (χ2v) is 4.80. The average Bonchev–Trinajstić information content (AvgIpc) is 2.39. The number of ether oxygens (including phenoxy) is 1. The van der Waals surface area contributed by atoms with Crippen molar-refractivity contribution in [1.82, 2.24) is 4.98 Å². The molecule has 0 saturated carbocycles. The first-order valence-electron chi connectivity index (χ1n) is 6.36. The highest BCUT2D eigenvalue weighted by molar-refractivity contribution is 5.83. The maximum atomic E-state index is 9.77. The van der Waals surface area contributed by atoms with Crippen molar-refractivity contribution in [3.05, 3.63) is 35.9 Å². The van der Waals surface area contributed by atoms with Gasteiger partial charge in [0.05, 0.1) is 18.2 Å². The maximum Gasteiger partial charge on any atom is 0.129 e. The first-order valence-corrected chi connectivity index (χ1v) is 6.36. The Morgan fingerprint density at radius 2 is 2.11 bits per heavy atom. The minimum absolute atomic E-state index is 0.330. The van der Waals surface area contributed by atoms with E-state index in [2.05, 4.69) is 18.0 Å². The van der Waals surface area contributed by atoms with E-state index < -0.39 is 6.10 Å². The van der Waals surface area contributed by atoms with Crippen molar-refractivity contribution in [2.24, 2.45) is 0 Å². The lowest BCUT2D eigenvalue weighted by atomic mass is 10.1. The van der Waals surface area contributed by atoms with Crippen molar-refractivity contribution in [3.8, 4) is 0 Å². The fourth-order valence-corrected chi connectivity index (χ4v) is 2.18. The van der Waals surface area contributed by atoms with Gasteiger partial charge in [0.15, 0.2) is 0 Å². The summed E-state index contributed by atoms with van der Waals surface area (Å²) in [6.07, 6.45) is -0.511. The Morgan fingerprint density at radius 3 is 2.84 bits per heavy atom. The number of hydrogen-bond donors (Lipinski definition) is 1. The molecule has 0 aliphatic carbocycles. The fourth-order valence-electron chi connectivity index (χ4n) is 2.18. The number of aryl methyl sites for hydroxylation is 1. The molecule has 4 nitrogen and oxygen atoms in total. The van der Waals surface area contributed by atoms with Gasteiger partial charge in [0, 0.05) is 26.1 Å². The Hall–Kier alpha value is -1.65. The molecule has 1 N–H and O–H groups in total. The molecule has 0 bridgehead atoms. The zero-order valence-electron chi connectivity index (χ0n) is 11.6. The van der Waals surface area contributed by atoms with Gasteiger partial charge in [0.2, 0.25) is 0 Å². The minimum atomic E-state index is -0.511. The Morgan fingerprint density at radius 1 is 1.37 bits per heavy atom. The normalized spacial score (nSPS) is 12.6. The van der Waals surface area contributed by atoms with Crippen LogP contribution in [0.5, 0.6) is 0 Å². The molecular formula is C15H20N2O2. The van der Waals surface area contributed by atoms with Crippen molar-refractivity contribution in [3.63, 3.8) is 0 Å². The quantitative estimate of drug-likeness (QED) is 0.893. The molecule has 1 unspecified atom stereocenters. The van der Waals surface area contributed by atoms with E-state index in [-0.39, 0.29) is 0 Å². The molecule has 4 heteroatoms. The third-order valence-corrected chi connectivity index (χ3v) is 3.14. The molecule has 0 saturated heterocycles. The number of methoxy groups -OCH3 is 1. The van der Waals surface area contributed by atoms with E-state index in [9.17, 15) is 5.11 Å². The number of rotatable bonds is 5. The summed E-state index contributed by atoms with van der Waals surface area (Å²) < 4.78 is 4.94. The van der Waals surface area contributed by atoms with Gasteiger partial charge in [-0.1, -0.05) is 18.2 Å². The van der Waals surface area contributed by atoms with Gasteiger partial charge in [-0.05, 0) is 24.6 Å². The summed E-state index contributed by atoms with van der Waals surface area (Å²) in [7, 11) is 3.51. The van der Waals surface area contributed by atoms with E-state index in [1.165, 1.54) is 5.56 Å². The van der Waals surface area contributed by atoms with Gasteiger partial charge in [0.1, 0.15) is 5.82 Å². The largest absolute Gasteiger partial charge is 0.389 e. The molecule has 0 aliphatic rings. The van der Waals surface area contributed by atoms with Crippen molar-refractivity contribution in [2.75, 3.05) is 32.2 Å². The van der Waals surface area contributed by atoms with Crippen LogP contribution in [0.2, 0.25) is 0 Å². The van der Waals surface area contributed by atoms with Crippen LogP contribution in [0.1, 0.15) is 5.56 Å². The summed E-state index contributed by atoms with van der Waals surface area (Å²) in [5, 5.41) is 10.9. The number of para-hydroxylation sites is 1. The van der Waals surface area contributed by atoms with E-state index in [1.807, 2.05) is 36.2 Å². The number of aliphatic hydroxyl groups excluding tert-OH is 1. The van der Waals surface area contributed by atoms with E-state index >= 15 is 0 Å². The zero-order chi connectivity index (χ0) is 13.8. The third kappa shape index (κ3) is 3.22. The third-order valence-electron chi connectivity index (χ3n) is 3.14. The lowest BCUT2D eigenvalue weighted by molar-refractivity contribution is 0.0694. The number of benzene rings is 1. The van der Waals surface area contributed by atoms with Gasteiger partial charge in [-0.25, -0.2) is 4.98 Å². The lowest BCUT2D eigenvalue weighted by Gasteiger charge is -2.22. The molecular weight excluding hydrogens is 240 g/mol. The zero-order valence-corrected chi connectivity index (χ0v) is 11.6. The summed E-state index contributed by atoms with van der Waals surface area (Å²) in [6, 6.07) is 10.1. The molecule has 0 spiro atoms. The smallest absolute Gasteiger partial charge is 0.129 e. The molecule has 2 aromatic rings. The van der Waals surface area contributed by atoms with Crippen LogP contribution in [0.3, 0.4) is 0 Å². The van der Waals surface area contributed by atoms with Crippen molar-refractivity contribution < 1.29 is 9.84 Å². The molecule has 1 aromatic carbocycles. The molecule has 102 valence electrons.